The van der Waals surface area contributed by atoms with Gasteiger partial charge in [0.15, 0.2) is 5.78 Å². The van der Waals surface area contributed by atoms with Gasteiger partial charge in [0.1, 0.15) is 11.7 Å². The highest BCUT2D eigenvalue weighted by atomic mass is 32.2. The van der Waals surface area contributed by atoms with Crippen LogP contribution in [0.5, 0.6) is 0 Å². The predicted molar refractivity (Wildman–Crippen MR) is 228 cm³/mol. The smallest absolute Gasteiger partial charge is 0.263 e. The zero-order chi connectivity index (χ0) is 42.6. The summed E-state index contributed by atoms with van der Waals surface area (Å²) >= 11 is 0. The minimum absolute atomic E-state index is 0.0165. The number of nitrogens with one attached hydrogen (secondary N) is 2. The molecule has 1 unspecified atom stereocenters. The lowest BCUT2D eigenvalue weighted by molar-refractivity contribution is -0.136. The van der Waals surface area contributed by atoms with E-state index in [4.69, 9.17) is 4.98 Å². The van der Waals surface area contributed by atoms with Crippen LogP contribution in [0.3, 0.4) is 0 Å². The van der Waals surface area contributed by atoms with Crippen molar-refractivity contribution < 1.29 is 27.6 Å². The lowest BCUT2D eigenvalue weighted by atomic mass is 10.0. The molecular formula is C44H51N9O7S. The summed E-state index contributed by atoms with van der Waals surface area (Å²) in [4.78, 5) is 79.2. The molecule has 2 aromatic heterocycles. The Morgan fingerprint density at radius 2 is 1.62 bits per heavy atom. The van der Waals surface area contributed by atoms with Crippen molar-refractivity contribution in [3.63, 3.8) is 0 Å². The molecule has 5 aliphatic rings. The van der Waals surface area contributed by atoms with E-state index in [0.29, 0.717) is 73.6 Å². The number of pyridine rings is 1. The SMILES string of the molecule is CC(=O)c1c(C)c2cnc(NC3CCN(S(=O)(=O)c4ccc(CN5CCN(c6ccc7c(c6)CN(C6CCC(=O)NC6=O)C7=O)CC5)cc4)CC3)nc2n(C2CCCC2)c1=O. The zero-order valence-electron chi connectivity index (χ0n) is 34.6. The first-order valence-electron chi connectivity index (χ1n) is 21.4. The topological polar surface area (TPSA) is 187 Å². The average molecular weight is 850 g/mol. The molecule has 2 aromatic carbocycles. The maximum Gasteiger partial charge on any atom is 0.263 e. The van der Waals surface area contributed by atoms with Gasteiger partial charge in [-0.15, -0.1) is 0 Å². The number of hydrogen-bond donors (Lipinski definition) is 2. The first kappa shape index (κ1) is 40.9. The number of imide groups is 1. The van der Waals surface area contributed by atoms with Crippen molar-refractivity contribution in [1.29, 1.82) is 0 Å². The summed E-state index contributed by atoms with van der Waals surface area (Å²) in [6, 6.07) is 12.3. The number of carbonyl (C=O) groups excluding carboxylic acids is 4. The van der Waals surface area contributed by atoms with E-state index in [0.717, 1.165) is 68.7 Å². The number of fused-ring (bicyclic) bond motifs is 2. The number of rotatable bonds is 10. The molecule has 0 bridgehead atoms. The normalized spacial score (nSPS) is 21.0. The molecule has 0 spiro atoms. The average Bonchev–Trinajstić information content (AvgIpc) is 3.89. The standard InChI is InChI=1S/C44H51N9O7S/c1-27-36-24-45-44(48-40(36)53(32-5-3-4-6-32)43(58)39(27)28(2)54)46-31-15-17-51(18-16-31)61(59,60)34-10-7-29(8-11-34)25-49-19-21-50(22-20-49)33-9-12-35-30(23-33)26-52(42(35)57)37-13-14-38(55)47-41(37)56/h7-12,23-24,31-32,37H,3-6,13-22,25-26H2,1-2H3,(H,45,46,48)(H,47,55,56). The van der Waals surface area contributed by atoms with Gasteiger partial charge in [0, 0.05) is 93.7 Å². The Hall–Kier alpha value is -5.52. The van der Waals surface area contributed by atoms with Crippen LogP contribution in [-0.2, 0) is 32.7 Å². The van der Waals surface area contributed by atoms with Gasteiger partial charge in [0.25, 0.3) is 11.5 Å². The quantitative estimate of drug-likeness (QED) is 0.174. The zero-order valence-corrected chi connectivity index (χ0v) is 35.4. The van der Waals surface area contributed by atoms with Crippen LogP contribution in [0.2, 0.25) is 0 Å². The van der Waals surface area contributed by atoms with Crippen LogP contribution in [0.4, 0.5) is 11.6 Å². The minimum Gasteiger partial charge on any atom is -0.369 e. The Morgan fingerprint density at radius 1 is 0.902 bits per heavy atom. The van der Waals surface area contributed by atoms with E-state index in [-0.39, 0.29) is 52.1 Å². The Morgan fingerprint density at radius 3 is 2.31 bits per heavy atom. The number of anilines is 2. The molecule has 6 heterocycles. The second-order valence-electron chi connectivity index (χ2n) is 17.1. The van der Waals surface area contributed by atoms with Crippen molar-refractivity contribution in [2.24, 2.45) is 0 Å². The first-order valence-corrected chi connectivity index (χ1v) is 22.8. The van der Waals surface area contributed by atoms with Gasteiger partial charge < -0.3 is 15.1 Å². The third-order valence-corrected chi connectivity index (χ3v) is 15.2. The van der Waals surface area contributed by atoms with Gasteiger partial charge >= 0.3 is 0 Å². The Balaban J connectivity index is 0.778. The fourth-order valence-corrected chi connectivity index (χ4v) is 11.3. The van der Waals surface area contributed by atoms with Crippen LogP contribution in [0.15, 0.2) is 58.4 Å². The molecule has 3 saturated heterocycles. The maximum atomic E-state index is 13.7. The molecule has 9 rings (SSSR count). The van der Waals surface area contributed by atoms with Crippen LogP contribution in [0.1, 0.15) is 102 Å². The van der Waals surface area contributed by atoms with E-state index < -0.39 is 22.0 Å². The Kier molecular flexibility index (Phi) is 11.0. The summed E-state index contributed by atoms with van der Waals surface area (Å²) in [5.74, 6) is -0.780. The number of piperazine rings is 1. The number of nitrogens with zero attached hydrogens (tertiary/aromatic N) is 7. The van der Waals surface area contributed by atoms with Gasteiger partial charge in [0.05, 0.1) is 10.5 Å². The first-order chi connectivity index (χ1) is 29.3. The summed E-state index contributed by atoms with van der Waals surface area (Å²) in [6.45, 7) is 8.11. The number of benzene rings is 2. The lowest BCUT2D eigenvalue weighted by Gasteiger charge is -2.36. The molecule has 4 fully saturated rings. The van der Waals surface area contributed by atoms with Gasteiger partial charge in [-0.3, -0.25) is 38.8 Å². The summed E-state index contributed by atoms with van der Waals surface area (Å²) in [6.07, 6.45) is 7.12. The van der Waals surface area contributed by atoms with Crippen molar-refractivity contribution in [2.75, 3.05) is 49.5 Å². The molecule has 4 aromatic rings. The molecule has 61 heavy (non-hydrogen) atoms. The molecule has 1 saturated carbocycles. The van der Waals surface area contributed by atoms with Gasteiger partial charge in [-0.1, -0.05) is 25.0 Å². The van der Waals surface area contributed by atoms with Crippen molar-refractivity contribution in [3.05, 3.63) is 86.8 Å². The van der Waals surface area contributed by atoms with E-state index >= 15 is 0 Å². The second kappa shape index (κ2) is 16.4. The second-order valence-corrected chi connectivity index (χ2v) is 19.0. The Bertz CT molecular complexity index is 2590. The summed E-state index contributed by atoms with van der Waals surface area (Å²) in [5, 5.41) is 6.43. The molecular weight excluding hydrogens is 799 g/mol. The molecule has 17 heteroatoms. The largest absolute Gasteiger partial charge is 0.369 e. The molecule has 1 aliphatic carbocycles. The highest BCUT2D eigenvalue weighted by molar-refractivity contribution is 7.89. The predicted octanol–water partition coefficient (Wildman–Crippen LogP) is 3.77. The van der Waals surface area contributed by atoms with Gasteiger partial charge in [-0.25, -0.2) is 13.4 Å². The molecule has 16 nitrogen and oxygen atoms in total. The van der Waals surface area contributed by atoms with Crippen LogP contribution in [0, 0.1) is 6.92 Å². The number of carbonyl (C=O) groups is 4. The van der Waals surface area contributed by atoms with Crippen LogP contribution >= 0.6 is 0 Å². The highest BCUT2D eigenvalue weighted by Crippen LogP contribution is 2.33. The van der Waals surface area contributed by atoms with Crippen molar-refractivity contribution in [1.82, 2.24) is 34.0 Å². The number of amides is 3. The molecule has 3 amide bonds. The fourth-order valence-electron chi connectivity index (χ4n) is 9.84. The van der Waals surface area contributed by atoms with E-state index in [9.17, 15) is 32.4 Å². The number of ketones is 1. The van der Waals surface area contributed by atoms with Crippen LogP contribution < -0.4 is 21.1 Å². The van der Waals surface area contributed by atoms with Crippen LogP contribution in [0.25, 0.3) is 11.0 Å². The van der Waals surface area contributed by atoms with Gasteiger partial charge in [0.2, 0.25) is 27.8 Å². The highest BCUT2D eigenvalue weighted by Gasteiger charge is 2.39. The van der Waals surface area contributed by atoms with E-state index in [1.165, 1.54) is 11.2 Å². The Labute approximate surface area is 354 Å². The summed E-state index contributed by atoms with van der Waals surface area (Å²) < 4.78 is 30.7. The number of aromatic nitrogens is 3. The summed E-state index contributed by atoms with van der Waals surface area (Å²) in [7, 11) is -3.70. The van der Waals surface area contributed by atoms with E-state index in [1.54, 1.807) is 34.7 Å². The molecule has 2 N–H and O–H groups in total. The molecule has 320 valence electrons. The molecule has 4 aliphatic heterocycles. The van der Waals surface area contributed by atoms with Gasteiger partial charge in [-0.05, 0) is 93.0 Å². The number of aryl methyl sites for hydroxylation is 1. The third kappa shape index (κ3) is 7.82. The number of sulfonamides is 1. The van der Waals surface area contributed by atoms with E-state index in [1.807, 2.05) is 30.3 Å². The van der Waals surface area contributed by atoms with E-state index in [2.05, 4.69) is 25.4 Å². The third-order valence-electron chi connectivity index (χ3n) is 13.2. The van der Waals surface area contributed by atoms with Crippen LogP contribution in [-0.4, -0.2) is 112 Å². The fraction of sp³-hybridized carbons (Fsp3) is 0.477. The number of Topliss-reactive ketones (excluding diaryl/α,β-unsaturated/α-hetero) is 1. The number of piperidine rings is 2. The molecule has 0 radical (unpaired) electrons. The monoisotopic (exact) mass is 849 g/mol. The molecule has 1 atom stereocenters. The minimum atomic E-state index is -3.70. The lowest BCUT2D eigenvalue weighted by Crippen LogP contribution is -2.52. The van der Waals surface area contributed by atoms with Crippen molar-refractivity contribution >= 4 is 56.2 Å². The van der Waals surface area contributed by atoms with Crippen molar-refractivity contribution in [3.8, 4) is 0 Å². The van der Waals surface area contributed by atoms with Crippen molar-refractivity contribution in [2.45, 2.75) is 101 Å². The number of hydrogen-bond acceptors (Lipinski definition) is 12. The maximum absolute atomic E-state index is 13.7. The van der Waals surface area contributed by atoms with Gasteiger partial charge in [-0.2, -0.15) is 9.29 Å². The summed E-state index contributed by atoms with van der Waals surface area (Å²) in [5.41, 5.74) is 4.56.